The molecule has 0 radical (unpaired) electrons. The molecular formula is C22H29N7O. The Morgan fingerprint density at radius 3 is 2.80 bits per heavy atom. The average Bonchev–Trinajstić information content (AvgIpc) is 3.40. The van der Waals surface area contributed by atoms with Crippen molar-refractivity contribution in [1.82, 2.24) is 24.4 Å². The highest BCUT2D eigenvalue weighted by Crippen LogP contribution is 2.30. The largest absolute Gasteiger partial charge is 0.404 e. The Morgan fingerprint density at radius 2 is 2.10 bits per heavy atom. The number of allylic oxidation sites excluding steroid dienone is 1. The number of hydrogen-bond acceptors (Lipinski definition) is 6. The van der Waals surface area contributed by atoms with E-state index in [0.29, 0.717) is 17.7 Å². The van der Waals surface area contributed by atoms with E-state index in [9.17, 15) is 5.11 Å². The van der Waals surface area contributed by atoms with Crippen LogP contribution in [-0.4, -0.2) is 48.3 Å². The van der Waals surface area contributed by atoms with Crippen LogP contribution in [0.3, 0.4) is 0 Å². The van der Waals surface area contributed by atoms with Crippen molar-refractivity contribution in [2.45, 2.75) is 51.6 Å². The van der Waals surface area contributed by atoms with Crippen LogP contribution in [0.15, 0.2) is 42.0 Å². The van der Waals surface area contributed by atoms with Gasteiger partial charge in [-0.15, -0.1) is 0 Å². The van der Waals surface area contributed by atoms with Crippen LogP contribution in [0.2, 0.25) is 0 Å². The van der Waals surface area contributed by atoms with Crippen molar-refractivity contribution >= 4 is 17.3 Å². The molecule has 1 fully saturated rings. The third-order valence-corrected chi connectivity index (χ3v) is 5.95. The molecule has 8 heteroatoms. The minimum absolute atomic E-state index is 0.233. The van der Waals surface area contributed by atoms with E-state index in [4.69, 9.17) is 10.7 Å². The lowest BCUT2D eigenvalue weighted by Crippen LogP contribution is -2.29. The number of nitrogens with zero attached hydrogens (tertiary/aromatic N) is 6. The second-order valence-electron chi connectivity index (χ2n) is 7.89. The summed E-state index contributed by atoms with van der Waals surface area (Å²) in [7, 11) is 0. The summed E-state index contributed by atoms with van der Waals surface area (Å²) < 4.78 is 3.83. The van der Waals surface area contributed by atoms with Crippen LogP contribution < -0.4 is 5.73 Å². The molecule has 8 nitrogen and oxygen atoms in total. The van der Waals surface area contributed by atoms with Gasteiger partial charge in [0, 0.05) is 36.4 Å². The summed E-state index contributed by atoms with van der Waals surface area (Å²) in [5.41, 5.74) is 10.1. The monoisotopic (exact) mass is 407 g/mol. The Balaban J connectivity index is 1.67. The Bertz CT molecular complexity index is 1050. The van der Waals surface area contributed by atoms with Gasteiger partial charge in [-0.25, -0.2) is 9.50 Å². The standard InChI is InChI=1S/C22H29N7O/c1-3-19(4-2)28-12-17(11-26-28)22-21-5-6-25-29(21)13-20(27-22)16(9-23)10-24-18-7-15(8-18)14-30/h5-6,9-13,15,18-19,30H,3-4,7-8,14,23H2,1-2H3. The molecule has 0 aromatic carbocycles. The fourth-order valence-corrected chi connectivity index (χ4v) is 3.95. The van der Waals surface area contributed by atoms with E-state index < -0.39 is 0 Å². The van der Waals surface area contributed by atoms with E-state index in [1.54, 1.807) is 12.4 Å². The van der Waals surface area contributed by atoms with E-state index >= 15 is 0 Å². The second kappa shape index (κ2) is 8.79. The first-order chi connectivity index (χ1) is 14.7. The van der Waals surface area contributed by atoms with Crippen molar-refractivity contribution < 1.29 is 5.11 Å². The van der Waals surface area contributed by atoms with Gasteiger partial charge in [-0.05, 0) is 37.7 Å². The molecule has 4 rings (SSSR count). The maximum atomic E-state index is 9.18. The minimum Gasteiger partial charge on any atom is -0.404 e. The molecule has 3 aromatic rings. The highest BCUT2D eigenvalue weighted by Gasteiger charge is 2.27. The van der Waals surface area contributed by atoms with Crippen molar-refractivity contribution in [2.24, 2.45) is 16.6 Å². The predicted molar refractivity (Wildman–Crippen MR) is 118 cm³/mol. The highest BCUT2D eigenvalue weighted by atomic mass is 16.3. The summed E-state index contributed by atoms with van der Waals surface area (Å²) in [6.45, 7) is 4.58. The van der Waals surface area contributed by atoms with Gasteiger partial charge in [0.1, 0.15) is 0 Å². The zero-order valence-electron chi connectivity index (χ0n) is 17.5. The van der Waals surface area contributed by atoms with Gasteiger partial charge in [-0.3, -0.25) is 9.67 Å². The molecule has 1 aliphatic carbocycles. The lowest BCUT2D eigenvalue weighted by atomic mass is 9.81. The number of aliphatic imine (C=N–C) groups is 1. The van der Waals surface area contributed by atoms with Gasteiger partial charge in [0.2, 0.25) is 0 Å². The van der Waals surface area contributed by atoms with Crippen molar-refractivity contribution in [1.29, 1.82) is 0 Å². The van der Waals surface area contributed by atoms with Crippen LogP contribution in [0.4, 0.5) is 0 Å². The number of fused-ring (bicyclic) bond motifs is 1. The van der Waals surface area contributed by atoms with Gasteiger partial charge >= 0.3 is 0 Å². The van der Waals surface area contributed by atoms with Crippen molar-refractivity contribution in [3.05, 3.63) is 42.7 Å². The third kappa shape index (κ3) is 3.87. The first kappa shape index (κ1) is 20.3. The second-order valence-corrected chi connectivity index (χ2v) is 7.89. The molecule has 0 unspecified atom stereocenters. The molecule has 0 aliphatic heterocycles. The van der Waals surface area contributed by atoms with Crippen LogP contribution >= 0.6 is 0 Å². The molecule has 0 spiro atoms. The smallest absolute Gasteiger partial charge is 0.0999 e. The molecule has 30 heavy (non-hydrogen) atoms. The molecule has 3 heterocycles. The molecule has 0 saturated heterocycles. The first-order valence-electron chi connectivity index (χ1n) is 10.6. The van der Waals surface area contributed by atoms with Crippen LogP contribution in [0.25, 0.3) is 22.3 Å². The van der Waals surface area contributed by atoms with Crippen LogP contribution in [0, 0.1) is 5.92 Å². The number of aliphatic hydroxyl groups is 1. The molecule has 3 aromatic heterocycles. The van der Waals surface area contributed by atoms with Gasteiger partial charge in [-0.1, -0.05) is 13.8 Å². The molecule has 1 saturated carbocycles. The Kier molecular flexibility index (Phi) is 5.94. The van der Waals surface area contributed by atoms with Crippen molar-refractivity contribution in [3.8, 4) is 11.3 Å². The Hall–Kier alpha value is -3.00. The summed E-state index contributed by atoms with van der Waals surface area (Å²) in [6, 6.07) is 2.56. The van der Waals surface area contributed by atoms with Crippen LogP contribution in [-0.2, 0) is 0 Å². The highest BCUT2D eigenvalue weighted by molar-refractivity contribution is 6.09. The number of aromatic nitrogens is 5. The third-order valence-electron chi connectivity index (χ3n) is 5.95. The van der Waals surface area contributed by atoms with E-state index in [2.05, 4.69) is 35.2 Å². The van der Waals surface area contributed by atoms with Crippen molar-refractivity contribution in [3.63, 3.8) is 0 Å². The molecule has 0 amide bonds. The normalized spacial score (nSPS) is 19.8. The van der Waals surface area contributed by atoms with Gasteiger partial charge in [-0.2, -0.15) is 10.2 Å². The first-order valence-corrected chi connectivity index (χ1v) is 10.6. The van der Waals surface area contributed by atoms with Gasteiger partial charge in [0.15, 0.2) is 0 Å². The van der Waals surface area contributed by atoms with Crippen LogP contribution in [0.5, 0.6) is 0 Å². The van der Waals surface area contributed by atoms with Crippen LogP contribution in [0.1, 0.15) is 51.3 Å². The topological polar surface area (TPSA) is 107 Å². The number of hydrogen-bond donors (Lipinski definition) is 2. The molecule has 158 valence electrons. The summed E-state index contributed by atoms with van der Waals surface area (Å²) >= 11 is 0. The number of aliphatic hydroxyl groups excluding tert-OH is 1. The number of nitrogens with two attached hydrogens (primary N) is 1. The van der Waals surface area contributed by atoms with Gasteiger partial charge in [0.25, 0.3) is 0 Å². The van der Waals surface area contributed by atoms with E-state index in [1.807, 2.05) is 27.7 Å². The quantitative estimate of drug-likeness (QED) is 0.558. The van der Waals surface area contributed by atoms with E-state index in [0.717, 1.165) is 48.0 Å². The lowest BCUT2D eigenvalue weighted by molar-refractivity contribution is 0.145. The molecule has 1 aliphatic rings. The minimum atomic E-state index is 0.233. The molecule has 0 bridgehead atoms. The maximum absolute atomic E-state index is 9.18. The fourth-order valence-electron chi connectivity index (χ4n) is 3.95. The Morgan fingerprint density at radius 1 is 1.30 bits per heavy atom. The summed E-state index contributed by atoms with van der Waals surface area (Å²) in [6.07, 6.45) is 14.7. The maximum Gasteiger partial charge on any atom is 0.0999 e. The summed E-state index contributed by atoms with van der Waals surface area (Å²) in [4.78, 5) is 9.52. The molecule has 3 N–H and O–H groups in total. The van der Waals surface area contributed by atoms with E-state index in [-0.39, 0.29) is 12.6 Å². The zero-order chi connectivity index (χ0) is 21.1. The Labute approximate surface area is 176 Å². The van der Waals surface area contributed by atoms with Gasteiger partial charge in [0.05, 0.1) is 47.6 Å². The number of rotatable bonds is 8. The van der Waals surface area contributed by atoms with Gasteiger partial charge < -0.3 is 10.8 Å². The van der Waals surface area contributed by atoms with Crippen molar-refractivity contribution in [2.75, 3.05) is 6.61 Å². The van der Waals surface area contributed by atoms with E-state index in [1.165, 1.54) is 6.20 Å². The fraction of sp³-hybridized carbons (Fsp3) is 0.455. The average molecular weight is 408 g/mol. The molecule has 0 atom stereocenters. The summed E-state index contributed by atoms with van der Waals surface area (Å²) in [5, 5.41) is 18.2. The summed E-state index contributed by atoms with van der Waals surface area (Å²) in [5.74, 6) is 0.370. The SMILES string of the molecule is CCC(CC)n1cc(-c2nc(C(C=NC3CC(CO)C3)=CN)cn3nccc23)cn1. The lowest BCUT2D eigenvalue weighted by Gasteiger charge is -2.30. The predicted octanol–water partition coefficient (Wildman–Crippen LogP) is 3.10. The molecular weight excluding hydrogens is 378 g/mol. The zero-order valence-corrected chi connectivity index (χ0v) is 17.5.